The monoisotopic (exact) mass is 326 g/mol. The highest BCUT2D eigenvalue weighted by Gasteiger charge is 2.19. The molecule has 1 amide bonds. The number of amides is 1. The number of benzene rings is 1. The van der Waals surface area contributed by atoms with Crippen molar-refractivity contribution in [3.05, 3.63) is 34.3 Å². The van der Waals surface area contributed by atoms with Crippen LogP contribution in [0.2, 0.25) is 0 Å². The Labute approximate surface area is 122 Å². The van der Waals surface area contributed by atoms with Gasteiger partial charge in [0.15, 0.2) is 0 Å². The second kappa shape index (κ2) is 7.03. The van der Waals surface area contributed by atoms with Gasteiger partial charge in [-0.3, -0.25) is 9.69 Å². The van der Waals surface area contributed by atoms with E-state index in [1.54, 1.807) is 0 Å². The van der Waals surface area contributed by atoms with Gasteiger partial charge in [-0.2, -0.15) is 0 Å². The number of aliphatic hydroxyl groups excluding tert-OH is 1. The van der Waals surface area contributed by atoms with Gasteiger partial charge in [-0.05, 0) is 31.2 Å². The number of rotatable bonds is 3. The SMILES string of the molecule is O=C(c1cccc(Br)c1)N1CCCN(CCO)CC1. The van der Waals surface area contributed by atoms with Gasteiger partial charge in [-0.1, -0.05) is 22.0 Å². The summed E-state index contributed by atoms with van der Waals surface area (Å²) in [6.07, 6.45) is 0.958. The molecule has 0 bridgehead atoms. The van der Waals surface area contributed by atoms with Crippen molar-refractivity contribution in [3.8, 4) is 0 Å². The number of halogens is 1. The molecule has 1 N–H and O–H groups in total. The van der Waals surface area contributed by atoms with Gasteiger partial charge in [0, 0.05) is 36.2 Å². The van der Waals surface area contributed by atoms with Gasteiger partial charge in [0.05, 0.1) is 6.61 Å². The van der Waals surface area contributed by atoms with Crippen LogP contribution in [0.25, 0.3) is 0 Å². The minimum atomic E-state index is 0.0900. The molecule has 5 heteroatoms. The third-order valence-electron chi connectivity index (χ3n) is 3.36. The van der Waals surface area contributed by atoms with E-state index in [-0.39, 0.29) is 12.5 Å². The largest absolute Gasteiger partial charge is 0.395 e. The number of hydrogen-bond donors (Lipinski definition) is 1. The number of nitrogens with zero attached hydrogens (tertiary/aromatic N) is 2. The zero-order valence-corrected chi connectivity index (χ0v) is 12.5. The van der Waals surface area contributed by atoms with Crippen LogP contribution < -0.4 is 0 Å². The predicted octanol–water partition coefficient (Wildman–Crippen LogP) is 1.59. The molecule has 1 heterocycles. The molecule has 1 aromatic rings. The summed E-state index contributed by atoms with van der Waals surface area (Å²) < 4.78 is 0.926. The Bertz CT molecular complexity index is 439. The number of hydrogen-bond acceptors (Lipinski definition) is 3. The van der Waals surface area contributed by atoms with Gasteiger partial charge in [0.2, 0.25) is 0 Å². The molecule has 0 radical (unpaired) electrons. The topological polar surface area (TPSA) is 43.8 Å². The molecule has 1 fully saturated rings. The minimum Gasteiger partial charge on any atom is -0.395 e. The van der Waals surface area contributed by atoms with Crippen LogP contribution in [0.1, 0.15) is 16.8 Å². The predicted molar refractivity (Wildman–Crippen MR) is 78.2 cm³/mol. The van der Waals surface area contributed by atoms with Crippen molar-refractivity contribution in [1.29, 1.82) is 0 Å². The molecule has 1 aliphatic rings. The molecule has 19 heavy (non-hydrogen) atoms. The van der Waals surface area contributed by atoms with Crippen molar-refractivity contribution >= 4 is 21.8 Å². The van der Waals surface area contributed by atoms with Gasteiger partial charge in [-0.25, -0.2) is 0 Å². The van der Waals surface area contributed by atoms with E-state index in [0.717, 1.165) is 42.6 Å². The minimum absolute atomic E-state index is 0.0900. The molecular weight excluding hydrogens is 308 g/mol. The summed E-state index contributed by atoms with van der Waals surface area (Å²) in [6.45, 7) is 4.17. The van der Waals surface area contributed by atoms with E-state index in [2.05, 4.69) is 20.8 Å². The lowest BCUT2D eigenvalue weighted by Gasteiger charge is -2.21. The van der Waals surface area contributed by atoms with Crippen molar-refractivity contribution in [2.24, 2.45) is 0 Å². The van der Waals surface area contributed by atoms with Gasteiger partial charge >= 0.3 is 0 Å². The average molecular weight is 327 g/mol. The summed E-state index contributed by atoms with van der Waals surface area (Å²) in [6, 6.07) is 7.51. The normalized spacial score (nSPS) is 17.3. The van der Waals surface area contributed by atoms with E-state index in [9.17, 15) is 4.79 Å². The Morgan fingerprint density at radius 2 is 2.11 bits per heavy atom. The molecule has 1 saturated heterocycles. The number of aliphatic hydroxyl groups is 1. The maximum Gasteiger partial charge on any atom is 0.253 e. The highest BCUT2D eigenvalue weighted by molar-refractivity contribution is 9.10. The molecule has 1 aliphatic heterocycles. The third kappa shape index (κ3) is 4.03. The molecule has 0 aliphatic carbocycles. The first-order valence-corrected chi connectivity index (χ1v) is 7.38. The maximum absolute atomic E-state index is 12.4. The molecule has 0 spiro atoms. The third-order valence-corrected chi connectivity index (χ3v) is 3.86. The van der Waals surface area contributed by atoms with Crippen molar-refractivity contribution in [2.45, 2.75) is 6.42 Å². The smallest absolute Gasteiger partial charge is 0.253 e. The highest BCUT2D eigenvalue weighted by Crippen LogP contribution is 2.14. The standard InChI is InChI=1S/C14H19BrN2O2/c15-13-4-1-3-12(11-13)14(19)17-6-2-5-16(7-8-17)9-10-18/h1,3-4,11,18H,2,5-10H2. The number of β-amino-alcohol motifs (C(OH)–C–C–N with tert-alkyl or cyclic N) is 1. The summed E-state index contributed by atoms with van der Waals surface area (Å²) in [5.41, 5.74) is 0.727. The van der Waals surface area contributed by atoms with Gasteiger partial charge in [0.1, 0.15) is 0 Å². The first-order chi connectivity index (χ1) is 9.20. The summed E-state index contributed by atoms with van der Waals surface area (Å²) in [4.78, 5) is 16.5. The number of carbonyl (C=O) groups is 1. The van der Waals surface area contributed by atoms with Gasteiger partial charge in [0.25, 0.3) is 5.91 Å². The summed E-state index contributed by atoms with van der Waals surface area (Å²) in [7, 11) is 0. The lowest BCUT2D eigenvalue weighted by Crippen LogP contribution is -2.35. The van der Waals surface area contributed by atoms with E-state index in [1.165, 1.54) is 0 Å². The van der Waals surface area contributed by atoms with Crippen molar-refractivity contribution in [1.82, 2.24) is 9.80 Å². The number of carbonyl (C=O) groups excluding carboxylic acids is 1. The molecule has 2 rings (SSSR count). The fourth-order valence-electron chi connectivity index (χ4n) is 2.34. The molecule has 0 aromatic heterocycles. The second-order valence-electron chi connectivity index (χ2n) is 4.72. The van der Waals surface area contributed by atoms with E-state index in [0.29, 0.717) is 6.54 Å². The van der Waals surface area contributed by atoms with E-state index < -0.39 is 0 Å². The Morgan fingerprint density at radius 1 is 1.26 bits per heavy atom. The summed E-state index contributed by atoms with van der Waals surface area (Å²) in [5.74, 6) is 0.0900. The quantitative estimate of drug-likeness (QED) is 0.917. The Balaban J connectivity index is 2.00. The maximum atomic E-state index is 12.4. The fraction of sp³-hybridized carbons (Fsp3) is 0.500. The highest BCUT2D eigenvalue weighted by atomic mass is 79.9. The van der Waals surface area contributed by atoms with Crippen LogP contribution in [0.4, 0.5) is 0 Å². The zero-order valence-electron chi connectivity index (χ0n) is 10.9. The molecule has 0 saturated carbocycles. The first kappa shape index (κ1) is 14.5. The van der Waals surface area contributed by atoms with E-state index in [1.807, 2.05) is 29.2 Å². The fourth-order valence-corrected chi connectivity index (χ4v) is 2.74. The van der Waals surface area contributed by atoms with Crippen LogP contribution in [0.5, 0.6) is 0 Å². The van der Waals surface area contributed by atoms with Crippen LogP contribution >= 0.6 is 15.9 Å². The second-order valence-corrected chi connectivity index (χ2v) is 5.64. The van der Waals surface area contributed by atoms with Crippen LogP contribution in [0.3, 0.4) is 0 Å². The van der Waals surface area contributed by atoms with Gasteiger partial charge in [-0.15, -0.1) is 0 Å². The van der Waals surface area contributed by atoms with Crippen LogP contribution in [-0.2, 0) is 0 Å². The summed E-state index contributed by atoms with van der Waals surface area (Å²) >= 11 is 3.39. The van der Waals surface area contributed by atoms with Crippen molar-refractivity contribution < 1.29 is 9.90 Å². The Kier molecular flexibility index (Phi) is 5.36. The zero-order chi connectivity index (χ0) is 13.7. The Hall–Kier alpha value is -0.910. The molecule has 0 unspecified atom stereocenters. The van der Waals surface area contributed by atoms with Crippen molar-refractivity contribution in [2.75, 3.05) is 39.3 Å². The average Bonchev–Trinajstić information content (AvgIpc) is 2.64. The molecular formula is C14H19BrN2O2. The first-order valence-electron chi connectivity index (χ1n) is 6.59. The molecule has 0 atom stereocenters. The molecule has 104 valence electrons. The Morgan fingerprint density at radius 3 is 2.84 bits per heavy atom. The lowest BCUT2D eigenvalue weighted by atomic mass is 10.2. The van der Waals surface area contributed by atoms with Gasteiger partial charge < -0.3 is 10.0 Å². The van der Waals surface area contributed by atoms with Crippen molar-refractivity contribution in [3.63, 3.8) is 0 Å². The lowest BCUT2D eigenvalue weighted by molar-refractivity contribution is 0.0760. The molecule has 1 aromatic carbocycles. The van der Waals surface area contributed by atoms with Crippen LogP contribution in [0, 0.1) is 0 Å². The molecule has 4 nitrogen and oxygen atoms in total. The van der Waals surface area contributed by atoms with Crippen LogP contribution in [0.15, 0.2) is 28.7 Å². The summed E-state index contributed by atoms with van der Waals surface area (Å²) in [5, 5.41) is 8.97. The van der Waals surface area contributed by atoms with E-state index in [4.69, 9.17) is 5.11 Å². The van der Waals surface area contributed by atoms with Crippen LogP contribution in [-0.4, -0.2) is 60.1 Å². The van der Waals surface area contributed by atoms with E-state index >= 15 is 0 Å².